The van der Waals surface area contributed by atoms with Gasteiger partial charge in [-0.1, -0.05) is 50.2 Å². The second-order valence-electron chi connectivity index (χ2n) is 4.90. The maximum Gasteiger partial charge on any atom is 0.227 e. The van der Waals surface area contributed by atoms with Crippen molar-refractivity contribution in [2.24, 2.45) is 5.92 Å². The minimum Gasteiger partial charge on any atom is -0.398 e. The fourth-order valence-corrected chi connectivity index (χ4v) is 1.75. The molecule has 4 heteroatoms. The fraction of sp³-hybridized carbons (Fsp3) is 0.263. The molecule has 3 rings (SSSR count). The molecule has 0 saturated heterocycles. The number of amides is 1. The van der Waals surface area contributed by atoms with Gasteiger partial charge in [-0.15, -0.1) is 0 Å². The summed E-state index contributed by atoms with van der Waals surface area (Å²) in [4.78, 5) is 11.3. The van der Waals surface area contributed by atoms with Crippen LogP contribution in [0.3, 0.4) is 0 Å². The van der Waals surface area contributed by atoms with E-state index in [1.807, 2.05) is 62.4 Å². The molecule has 2 aromatic carbocycles. The molecule has 0 aliphatic heterocycles. The van der Waals surface area contributed by atoms with Gasteiger partial charge in [-0.3, -0.25) is 4.79 Å². The molecule has 4 nitrogen and oxygen atoms in total. The lowest BCUT2D eigenvalue weighted by atomic mass is 10.2. The summed E-state index contributed by atoms with van der Waals surface area (Å²) in [6.07, 6.45) is 3.35. The summed E-state index contributed by atoms with van der Waals surface area (Å²) < 4.78 is 0. The Balaban J connectivity index is 0.000000215. The van der Waals surface area contributed by atoms with Gasteiger partial charge in [0.25, 0.3) is 0 Å². The third-order valence-corrected chi connectivity index (χ3v) is 3.14. The van der Waals surface area contributed by atoms with Crippen LogP contribution in [0.2, 0.25) is 0 Å². The molecule has 1 fully saturated rings. The van der Waals surface area contributed by atoms with Crippen LogP contribution < -0.4 is 11.1 Å². The summed E-state index contributed by atoms with van der Waals surface area (Å²) in [6, 6.07) is 16.9. The van der Waals surface area contributed by atoms with Crippen molar-refractivity contribution in [2.75, 3.05) is 11.1 Å². The zero-order valence-corrected chi connectivity index (χ0v) is 13.8. The van der Waals surface area contributed by atoms with Crippen molar-refractivity contribution in [1.29, 1.82) is 5.41 Å². The summed E-state index contributed by atoms with van der Waals surface area (Å²) in [5.41, 5.74) is 7.81. The fourth-order valence-electron chi connectivity index (χ4n) is 1.75. The van der Waals surface area contributed by atoms with E-state index in [2.05, 4.69) is 5.32 Å². The lowest BCUT2D eigenvalue weighted by Crippen LogP contribution is -2.12. The Bertz CT molecular complexity index is 607. The van der Waals surface area contributed by atoms with E-state index in [9.17, 15) is 4.79 Å². The number of hydrogen-bond acceptors (Lipinski definition) is 3. The van der Waals surface area contributed by atoms with Gasteiger partial charge < -0.3 is 16.5 Å². The zero-order valence-electron chi connectivity index (χ0n) is 13.8. The lowest BCUT2D eigenvalue weighted by molar-refractivity contribution is -0.117. The maximum absolute atomic E-state index is 11.3. The van der Waals surface area contributed by atoms with Gasteiger partial charge in [-0.05, 0) is 31.0 Å². The van der Waals surface area contributed by atoms with Crippen LogP contribution in [0.1, 0.15) is 32.3 Å². The first-order valence-electron chi connectivity index (χ1n) is 7.91. The molecule has 4 N–H and O–H groups in total. The second kappa shape index (κ2) is 10.2. The van der Waals surface area contributed by atoms with Crippen LogP contribution in [0, 0.1) is 11.3 Å². The second-order valence-corrected chi connectivity index (χ2v) is 4.90. The molecule has 0 spiro atoms. The first kappa shape index (κ1) is 18.4. The van der Waals surface area contributed by atoms with E-state index in [-0.39, 0.29) is 11.8 Å². The standard InChI is InChI=1S/C10H11NO.C7H8N2.C2H6/c12-10(8-6-7-8)11-9-4-2-1-3-5-9;8-5-6-3-1-2-4-7(6)9;1-2/h1-5,8H,6-7H2,(H,11,12);1-5,8H,9H2;1-2H3. The Labute approximate surface area is 138 Å². The molecule has 0 unspecified atom stereocenters. The number of rotatable bonds is 3. The van der Waals surface area contributed by atoms with Gasteiger partial charge in [-0.25, -0.2) is 0 Å². The van der Waals surface area contributed by atoms with Crippen molar-refractivity contribution in [3.63, 3.8) is 0 Å². The topological polar surface area (TPSA) is 79.0 Å². The molecule has 23 heavy (non-hydrogen) atoms. The average molecular weight is 311 g/mol. The molecule has 2 aromatic rings. The Hall–Kier alpha value is -2.62. The highest BCUT2D eigenvalue weighted by Gasteiger charge is 2.29. The third kappa shape index (κ3) is 6.78. The van der Waals surface area contributed by atoms with Gasteiger partial charge in [0.15, 0.2) is 0 Å². The highest BCUT2D eigenvalue weighted by Crippen LogP contribution is 2.30. The van der Waals surface area contributed by atoms with Crippen molar-refractivity contribution >= 4 is 23.5 Å². The maximum atomic E-state index is 11.3. The summed E-state index contributed by atoms with van der Waals surface area (Å²) in [5.74, 6) is 0.450. The number of hydrogen-bond donors (Lipinski definition) is 3. The van der Waals surface area contributed by atoms with E-state index < -0.39 is 0 Å². The monoisotopic (exact) mass is 311 g/mol. The molecular weight excluding hydrogens is 286 g/mol. The van der Waals surface area contributed by atoms with Gasteiger partial charge in [0.05, 0.1) is 0 Å². The molecule has 1 amide bonds. The van der Waals surface area contributed by atoms with Crippen LogP contribution in [-0.2, 0) is 4.79 Å². The van der Waals surface area contributed by atoms with E-state index >= 15 is 0 Å². The molecule has 0 radical (unpaired) electrons. The van der Waals surface area contributed by atoms with E-state index in [1.54, 1.807) is 6.07 Å². The van der Waals surface area contributed by atoms with Crippen LogP contribution in [0.25, 0.3) is 0 Å². The van der Waals surface area contributed by atoms with Gasteiger partial charge in [0.2, 0.25) is 5.91 Å². The number of nitrogen functional groups attached to an aromatic ring is 1. The Morgan fingerprint density at radius 2 is 1.65 bits per heavy atom. The Morgan fingerprint density at radius 3 is 2.13 bits per heavy atom. The molecule has 0 bridgehead atoms. The summed E-state index contributed by atoms with van der Waals surface area (Å²) in [6.45, 7) is 4.00. The normalized spacial score (nSPS) is 11.9. The highest BCUT2D eigenvalue weighted by molar-refractivity contribution is 5.93. The smallest absolute Gasteiger partial charge is 0.227 e. The molecule has 1 saturated carbocycles. The molecule has 0 atom stereocenters. The summed E-state index contributed by atoms with van der Waals surface area (Å²) in [7, 11) is 0. The SMILES string of the molecule is CC.N=Cc1ccccc1N.O=C(Nc1ccccc1)C1CC1. The molecule has 0 heterocycles. The van der Waals surface area contributed by atoms with Crippen LogP contribution in [-0.4, -0.2) is 12.1 Å². The van der Waals surface area contributed by atoms with Crippen molar-refractivity contribution in [2.45, 2.75) is 26.7 Å². The van der Waals surface area contributed by atoms with Gasteiger partial charge in [0.1, 0.15) is 0 Å². The number of anilines is 2. The van der Waals surface area contributed by atoms with Crippen molar-refractivity contribution in [3.8, 4) is 0 Å². The van der Waals surface area contributed by atoms with Crippen LogP contribution in [0.5, 0.6) is 0 Å². The minimum atomic E-state index is 0.168. The minimum absolute atomic E-state index is 0.168. The zero-order chi connectivity index (χ0) is 17.1. The van der Waals surface area contributed by atoms with E-state index in [0.717, 1.165) is 24.1 Å². The predicted molar refractivity (Wildman–Crippen MR) is 97.9 cm³/mol. The molecular formula is C19H25N3O. The number of carbonyl (C=O) groups excluding carboxylic acids is 1. The van der Waals surface area contributed by atoms with E-state index in [4.69, 9.17) is 11.1 Å². The predicted octanol–water partition coefficient (Wildman–Crippen LogP) is 4.33. The van der Waals surface area contributed by atoms with Crippen molar-refractivity contribution in [3.05, 3.63) is 60.2 Å². The Morgan fingerprint density at radius 1 is 1.09 bits per heavy atom. The number of benzene rings is 2. The first-order valence-corrected chi connectivity index (χ1v) is 7.91. The summed E-state index contributed by atoms with van der Waals surface area (Å²) in [5, 5.41) is 9.74. The lowest BCUT2D eigenvalue weighted by Gasteiger charge is -2.01. The van der Waals surface area contributed by atoms with E-state index in [0.29, 0.717) is 5.69 Å². The number of carbonyl (C=O) groups is 1. The van der Waals surface area contributed by atoms with Crippen molar-refractivity contribution < 1.29 is 4.79 Å². The molecule has 1 aliphatic carbocycles. The quantitative estimate of drug-likeness (QED) is 0.582. The van der Waals surface area contributed by atoms with Gasteiger partial charge >= 0.3 is 0 Å². The number of para-hydroxylation sites is 2. The third-order valence-electron chi connectivity index (χ3n) is 3.14. The molecule has 122 valence electrons. The molecule has 0 aromatic heterocycles. The van der Waals surface area contributed by atoms with E-state index in [1.165, 1.54) is 6.21 Å². The average Bonchev–Trinajstić information content (AvgIpc) is 3.44. The first-order chi connectivity index (χ1) is 11.2. The largest absolute Gasteiger partial charge is 0.398 e. The molecule has 1 aliphatic rings. The number of nitrogens with two attached hydrogens (primary N) is 1. The van der Waals surface area contributed by atoms with Gasteiger partial charge in [0, 0.05) is 29.1 Å². The van der Waals surface area contributed by atoms with Crippen molar-refractivity contribution in [1.82, 2.24) is 0 Å². The summed E-state index contributed by atoms with van der Waals surface area (Å²) >= 11 is 0. The van der Waals surface area contributed by atoms with Crippen LogP contribution >= 0.6 is 0 Å². The number of nitrogens with one attached hydrogen (secondary N) is 2. The van der Waals surface area contributed by atoms with Crippen LogP contribution in [0.15, 0.2) is 54.6 Å². The van der Waals surface area contributed by atoms with Crippen LogP contribution in [0.4, 0.5) is 11.4 Å². The van der Waals surface area contributed by atoms with Gasteiger partial charge in [-0.2, -0.15) is 0 Å². The highest BCUT2D eigenvalue weighted by atomic mass is 16.2. The Kier molecular flexibility index (Phi) is 8.14.